The number of benzene rings is 3. The van der Waals surface area contributed by atoms with E-state index in [1.54, 1.807) is 18.2 Å². The molecular formula is C27H18F3N3O3. The fraction of sp³-hybridized carbons (Fsp3) is 0.111. The number of hydrogen-bond acceptors (Lipinski definition) is 4. The zero-order valence-corrected chi connectivity index (χ0v) is 18.6. The normalized spacial score (nSPS) is 12.9. The summed E-state index contributed by atoms with van der Waals surface area (Å²) in [6.45, 7) is 0.0573. The van der Waals surface area contributed by atoms with Crippen molar-refractivity contribution < 1.29 is 27.4 Å². The van der Waals surface area contributed by atoms with E-state index in [0.717, 1.165) is 39.5 Å². The molecule has 1 aliphatic heterocycles. The number of ether oxygens (including phenoxy) is 2. The molecule has 36 heavy (non-hydrogen) atoms. The van der Waals surface area contributed by atoms with Crippen LogP contribution in [-0.2, 0) is 12.7 Å². The van der Waals surface area contributed by atoms with E-state index in [0.29, 0.717) is 22.8 Å². The van der Waals surface area contributed by atoms with E-state index >= 15 is 0 Å². The third-order valence-corrected chi connectivity index (χ3v) is 6.08. The summed E-state index contributed by atoms with van der Waals surface area (Å²) >= 11 is 0. The standard InChI is InChI=1S/C27H18F3N3O3/c28-27(29,30)17-5-3-4-15(10-17)13-31-26(34)21-12-19-18-6-1-2-7-20(18)32-25(19)24(33-21)16-8-9-22-23(11-16)36-14-35-22/h1-12,32H,13-14H2,(H,31,34). The number of halogens is 3. The number of H-pyrrole nitrogens is 1. The van der Waals surface area contributed by atoms with Crippen molar-refractivity contribution >= 4 is 27.7 Å². The topological polar surface area (TPSA) is 76.2 Å². The number of hydrogen-bond donors (Lipinski definition) is 2. The summed E-state index contributed by atoms with van der Waals surface area (Å²) < 4.78 is 50.1. The van der Waals surface area contributed by atoms with Gasteiger partial charge in [-0.05, 0) is 48.0 Å². The molecule has 2 N–H and O–H groups in total. The first kappa shape index (κ1) is 22.0. The molecule has 1 amide bonds. The Kier molecular flexibility index (Phi) is 5.06. The van der Waals surface area contributed by atoms with Crippen LogP contribution in [0.4, 0.5) is 13.2 Å². The van der Waals surface area contributed by atoms with Gasteiger partial charge in [0.25, 0.3) is 5.91 Å². The lowest BCUT2D eigenvalue weighted by Gasteiger charge is -2.11. The molecule has 0 fully saturated rings. The summed E-state index contributed by atoms with van der Waals surface area (Å²) in [6.07, 6.45) is -4.46. The highest BCUT2D eigenvalue weighted by Gasteiger charge is 2.30. The number of nitrogens with one attached hydrogen (secondary N) is 2. The van der Waals surface area contributed by atoms with Gasteiger partial charge in [-0.3, -0.25) is 4.79 Å². The summed E-state index contributed by atoms with van der Waals surface area (Å²) in [7, 11) is 0. The van der Waals surface area contributed by atoms with Gasteiger partial charge in [-0.1, -0.05) is 30.3 Å². The van der Waals surface area contributed by atoms with Gasteiger partial charge in [0.05, 0.1) is 16.8 Å². The number of fused-ring (bicyclic) bond motifs is 4. The summed E-state index contributed by atoms with van der Waals surface area (Å²) in [5.41, 5.74) is 2.63. The number of pyridine rings is 1. The predicted octanol–water partition coefficient (Wildman–Crippen LogP) is 6.06. The molecule has 180 valence electrons. The summed E-state index contributed by atoms with van der Waals surface area (Å²) in [4.78, 5) is 21.1. The molecule has 0 atom stereocenters. The Morgan fingerprint density at radius 3 is 2.64 bits per heavy atom. The maximum Gasteiger partial charge on any atom is 0.416 e. The highest BCUT2D eigenvalue weighted by Crippen LogP contribution is 2.38. The molecule has 2 aromatic heterocycles. The Hall–Kier alpha value is -4.53. The lowest BCUT2D eigenvalue weighted by molar-refractivity contribution is -0.137. The number of rotatable bonds is 4. The van der Waals surface area contributed by atoms with E-state index in [9.17, 15) is 18.0 Å². The first-order valence-electron chi connectivity index (χ1n) is 11.1. The Morgan fingerprint density at radius 2 is 1.78 bits per heavy atom. The van der Waals surface area contributed by atoms with Gasteiger partial charge in [-0.15, -0.1) is 0 Å². The molecule has 6 nitrogen and oxygen atoms in total. The van der Waals surface area contributed by atoms with Crippen molar-refractivity contribution in [2.24, 2.45) is 0 Å². The highest BCUT2D eigenvalue weighted by molar-refractivity contribution is 6.13. The maximum atomic E-state index is 13.1. The Labute approximate surface area is 202 Å². The SMILES string of the molecule is O=C(NCc1cccc(C(F)(F)F)c1)c1cc2c([nH]c3ccccc32)c(-c2ccc3c(c2)OCO3)n1. The van der Waals surface area contributed by atoms with Crippen molar-refractivity contribution in [1.82, 2.24) is 15.3 Å². The molecule has 1 aliphatic rings. The first-order chi connectivity index (χ1) is 17.4. The monoisotopic (exact) mass is 489 g/mol. The third kappa shape index (κ3) is 3.88. The molecule has 0 unspecified atom stereocenters. The summed E-state index contributed by atoms with van der Waals surface area (Å²) in [5.74, 6) is 0.709. The number of aromatic nitrogens is 2. The molecule has 0 aliphatic carbocycles. The number of aromatic amines is 1. The van der Waals surface area contributed by atoms with E-state index in [2.05, 4.69) is 15.3 Å². The van der Waals surface area contributed by atoms with Crippen molar-refractivity contribution in [3.63, 3.8) is 0 Å². The van der Waals surface area contributed by atoms with Gasteiger partial charge >= 0.3 is 6.18 Å². The van der Waals surface area contributed by atoms with Crippen LogP contribution in [0.1, 0.15) is 21.6 Å². The molecule has 9 heteroatoms. The Balaban J connectivity index is 1.40. The molecule has 0 radical (unpaired) electrons. The predicted molar refractivity (Wildman–Crippen MR) is 128 cm³/mol. The van der Waals surface area contributed by atoms with Crippen LogP contribution < -0.4 is 14.8 Å². The lowest BCUT2D eigenvalue weighted by Crippen LogP contribution is -2.24. The Morgan fingerprint density at radius 1 is 0.944 bits per heavy atom. The van der Waals surface area contributed by atoms with Crippen molar-refractivity contribution in [3.05, 3.63) is 89.6 Å². The van der Waals surface area contributed by atoms with E-state index in [1.165, 1.54) is 12.1 Å². The summed E-state index contributed by atoms with van der Waals surface area (Å²) in [6, 6.07) is 19.7. The second kappa shape index (κ2) is 8.30. The van der Waals surface area contributed by atoms with Crippen LogP contribution in [0.2, 0.25) is 0 Å². The van der Waals surface area contributed by atoms with Gasteiger partial charge in [0, 0.05) is 28.4 Å². The summed E-state index contributed by atoms with van der Waals surface area (Å²) in [5, 5.41) is 4.42. The van der Waals surface area contributed by atoms with E-state index in [4.69, 9.17) is 9.47 Å². The molecule has 0 bridgehead atoms. The third-order valence-electron chi connectivity index (χ3n) is 6.08. The zero-order valence-electron chi connectivity index (χ0n) is 18.6. The molecule has 6 rings (SSSR count). The van der Waals surface area contributed by atoms with Gasteiger partial charge in [-0.2, -0.15) is 13.2 Å². The first-order valence-corrected chi connectivity index (χ1v) is 11.1. The molecule has 3 heterocycles. The van der Waals surface area contributed by atoms with Crippen LogP contribution >= 0.6 is 0 Å². The van der Waals surface area contributed by atoms with Crippen molar-refractivity contribution in [2.45, 2.75) is 12.7 Å². The second-order valence-electron chi connectivity index (χ2n) is 8.40. The molecule has 5 aromatic rings. The number of alkyl halides is 3. The maximum absolute atomic E-state index is 13.1. The molecule has 0 saturated carbocycles. The van der Waals surface area contributed by atoms with Crippen molar-refractivity contribution in [3.8, 4) is 22.8 Å². The van der Waals surface area contributed by atoms with Crippen molar-refractivity contribution in [2.75, 3.05) is 6.79 Å². The number of carbonyl (C=O) groups excluding carboxylic acids is 1. The van der Waals surface area contributed by atoms with E-state index in [-0.39, 0.29) is 19.0 Å². The molecule has 0 saturated heterocycles. The average Bonchev–Trinajstić information content (AvgIpc) is 3.50. The number of carbonyl (C=O) groups is 1. The smallest absolute Gasteiger partial charge is 0.416 e. The van der Waals surface area contributed by atoms with Crippen LogP contribution in [0, 0.1) is 0 Å². The molecule has 3 aromatic carbocycles. The minimum atomic E-state index is -4.46. The quantitative estimate of drug-likeness (QED) is 0.322. The second-order valence-corrected chi connectivity index (χ2v) is 8.40. The fourth-order valence-electron chi connectivity index (χ4n) is 4.35. The van der Waals surface area contributed by atoms with Crippen LogP contribution in [0.3, 0.4) is 0 Å². The minimum Gasteiger partial charge on any atom is -0.454 e. The molecular weight excluding hydrogens is 471 g/mol. The van der Waals surface area contributed by atoms with E-state index in [1.807, 2.05) is 30.3 Å². The number of nitrogens with zero attached hydrogens (tertiary/aromatic N) is 1. The van der Waals surface area contributed by atoms with Gasteiger partial charge in [0.2, 0.25) is 6.79 Å². The van der Waals surface area contributed by atoms with Gasteiger partial charge in [-0.25, -0.2) is 4.98 Å². The van der Waals surface area contributed by atoms with Crippen LogP contribution in [-0.4, -0.2) is 22.7 Å². The molecule has 0 spiro atoms. The number of amides is 1. The van der Waals surface area contributed by atoms with Crippen LogP contribution in [0.25, 0.3) is 33.1 Å². The van der Waals surface area contributed by atoms with Crippen molar-refractivity contribution in [1.29, 1.82) is 0 Å². The highest BCUT2D eigenvalue weighted by atomic mass is 19.4. The Bertz CT molecular complexity index is 1640. The average molecular weight is 489 g/mol. The zero-order chi connectivity index (χ0) is 24.9. The van der Waals surface area contributed by atoms with E-state index < -0.39 is 17.6 Å². The van der Waals surface area contributed by atoms with Crippen LogP contribution in [0.15, 0.2) is 72.8 Å². The van der Waals surface area contributed by atoms with Gasteiger partial charge in [0.1, 0.15) is 5.69 Å². The van der Waals surface area contributed by atoms with Gasteiger partial charge in [0.15, 0.2) is 11.5 Å². The number of para-hydroxylation sites is 1. The largest absolute Gasteiger partial charge is 0.454 e. The van der Waals surface area contributed by atoms with Crippen LogP contribution in [0.5, 0.6) is 11.5 Å². The lowest BCUT2D eigenvalue weighted by atomic mass is 10.1. The van der Waals surface area contributed by atoms with Gasteiger partial charge < -0.3 is 19.8 Å². The minimum absolute atomic E-state index is 0.0737. The fourth-order valence-corrected chi connectivity index (χ4v) is 4.35.